The summed E-state index contributed by atoms with van der Waals surface area (Å²) < 4.78 is 5.41. The van der Waals surface area contributed by atoms with E-state index in [2.05, 4.69) is 10.6 Å². The van der Waals surface area contributed by atoms with E-state index in [0.29, 0.717) is 19.6 Å². The second kappa shape index (κ2) is 7.99. The van der Waals surface area contributed by atoms with Crippen molar-refractivity contribution in [1.29, 1.82) is 0 Å². The maximum absolute atomic E-state index is 12.0. The molecule has 1 saturated heterocycles. The Morgan fingerprint density at radius 1 is 1.37 bits per heavy atom. The van der Waals surface area contributed by atoms with Crippen LogP contribution in [0.3, 0.4) is 0 Å². The Hall–Kier alpha value is -1.30. The molecule has 1 heterocycles. The third kappa shape index (κ3) is 5.06. The van der Waals surface area contributed by atoms with Gasteiger partial charge in [0.2, 0.25) is 5.91 Å². The Kier molecular flexibility index (Phi) is 6.62. The van der Waals surface area contributed by atoms with Gasteiger partial charge in [0.15, 0.2) is 0 Å². The molecule has 0 saturated carbocycles. The highest BCUT2D eigenvalue weighted by Crippen LogP contribution is 2.10. The Morgan fingerprint density at radius 2 is 2.05 bits per heavy atom. The molecule has 6 nitrogen and oxygen atoms in total. The number of likely N-dealkylation sites (N-methyl/N-ethyl adjacent to an activating group) is 1. The molecule has 0 aliphatic carbocycles. The minimum Gasteiger partial charge on any atom is -0.376 e. The first kappa shape index (κ1) is 15.8. The minimum atomic E-state index is -0.510. The van der Waals surface area contributed by atoms with Crippen LogP contribution in [0.15, 0.2) is 0 Å². The van der Waals surface area contributed by atoms with Crippen LogP contribution in [0.1, 0.15) is 33.6 Å². The van der Waals surface area contributed by atoms with Crippen molar-refractivity contribution in [1.82, 2.24) is 15.5 Å². The van der Waals surface area contributed by atoms with Crippen LogP contribution >= 0.6 is 0 Å². The van der Waals surface area contributed by atoms with E-state index in [9.17, 15) is 9.59 Å². The van der Waals surface area contributed by atoms with Crippen molar-refractivity contribution in [3.05, 3.63) is 0 Å². The van der Waals surface area contributed by atoms with Gasteiger partial charge in [-0.1, -0.05) is 0 Å². The predicted octanol–water partition coefficient (Wildman–Crippen LogP) is 0.722. The lowest BCUT2D eigenvalue weighted by Gasteiger charge is -2.23. The van der Waals surface area contributed by atoms with E-state index in [4.69, 9.17) is 4.74 Å². The number of nitrogens with one attached hydrogen (secondary N) is 2. The highest BCUT2D eigenvalue weighted by Gasteiger charge is 2.21. The number of amides is 3. The van der Waals surface area contributed by atoms with Gasteiger partial charge >= 0.3 is 6.03 Å². The van der Waals surface area contributed by atoms with E-state index in [1.54, 1.807) is 11.8 Å². The Balaban J connectivity index is 2.28. The summed E-state index contributed by atoms with van der Waals surface area (Å²) in [5.41, 5.74) is 0. The molecule has 3 amide bonds. The Morgan fingerprint density at radius 3 is 2.58 bits per heavy atom. The number of carbonyl (C=O) groups is 2. The molecular formula is C13H25N3O3. The molecule has 1 rings (SSSR count). The quantitative estimate of drug-likeness (QED) is 0.748. The summed E-state index contributed by atoms with van der Waals surface area (Å²) in [7, 11) is 0. The smallest absolute Gasteiger partial charge is 0.315 e. The highest BCUT2D eigenvalue weighted by atomic mass is 16.5. The molecule has 2 atom stereocenters. The van der Waals surface area contributed by atoms with Gasteiger partial charge in [0.1, 0.15) is 6.04 Å². The van der Waals surface area contributed by atoms with E-state index >= 15 is 0 Å². The van der Waals surface area contributed by atoms with E-state index < -0.39 is 6.04 Å². The Bertz CT molecular complexity index is 300. The van der Waals surface area contributed by atoms with E-state index in [1.807, 2.05) is 13.8 Å². The lowest BCUT2D eigenvalue weighted by molar-refractivity contribution is -0.132. The van der Waals surface area contributed by atoms with Gasteiger partial charge in [-0.05, 0) is 33.6 Å². The van der Waals surface area contributed by atoms with Crippen molar-refractivity contribution in [3.63, 3.8) is 0 Å². The molecule has 6 heteroatoms. The second-order valence-electron chi connectivity index (χ2n) is 4.72. The van der Waals surface area contributed by atoms with Crippen molar-refractivity contribution < 1.29 is 14.3 Å². The first-order valence-corrected chi connectivity index (χ1v) is 7.03. The minimum absolute atomic E-state index is 0.0581. The van der Waals surface area contributed by atoms with Crippen LogP contribution < -0.4 is 10.6 Å². The van der Waals surface area contributed by atoms with Gasteiger partial charge in [-0.25, -0.2) is 4.79 Å². The number of nitrogens with zero attached hydrogens (tertiary/aromatic N) is 1. The summed E-state index contributed by atoms with van der Waals surface area (Å²) in [6.45, 7) is 8.12. The largest absolute Gasteiger partial charge is 0.376 e. The average molecular weight is 271 g/mol. The fraction of sp³-hybridized carbons (Fsp3) is 0.846. The maximum Gasteiger partial charge on any atom is 0.315 e. The van der Waals surface area contributed by atoms with Crippen LogP contribution in [-0.2, 0) is 9.53 Å². The number of hydrogen-bond acceptors (Lipinski definition) is 3. The average Bonchev–Trinajstić information content (AvgIpc) is 2.90. The Labute approximate surface area is 114 Å². The summed E-state index contributed by atoms with van der Waals surface area (Å²) in [5.74, 6) is -0.0581. The van der Waals surface area contributed by atoms with E-state index in [0.717, 1.165) is 19.4 Å². The summed E-state index contributed by atoms with van der Waals surface area (Å²) in [6.07, 6.45) is 2.14. The maximum atomic E-state index is 12.0. The van der Waals surface area contributed by atoms with Crippen LogP contribution in [0.2, 0.25) is 0 Å². The second-order valence-corrected chi connectivity index (χ2v) is 4.72. The standard InChI is InChI=1S/C13H25N3O3/c1-4-16(5-2)12(17)10(3)15-13(18)14-9-11-7-6-8-19-11/h10-11H,4-9H2,1-3H3,(H2,14,15,18). The monoisotopic (exact) mass is 271 g/mol. The molecule has 1 aliphatic heterocycles. The molecule has 110 valence electrons. The normalized spacial score (nSPS) is 19.8. The molecule has 0 aromatic rings. The molecule has 2 N–H and O–H groups in total. The number of rotatable bonds is 6. The van der Waals surface area contributed by atoms with Crippen LogP contribution in [0.5, 0.6) is 0 Å². The lowest BCUT2D eigenvalue weighted by atomic mass is 10.2. The summed E-state index contributed by atoms with van der Waals surface area (Å²) >= 11 is 0. The molecule has 1 aliphatic rings. The van der Waals surface area contributed by atoms with Gasteiger partial charge in [0.05, 0.1) is 6.10 Å². The van der Waals surface area contributed by atoms with Gasteiger partial charge in [0.25, 0.3) is 0 Å². The molecule has 0 radical (unpaired) electrons. The number of hydrogen-bond donors (Lipinski definition) is 2. The predicted molar refractivity (Wildman–Crippen MR) is 72.9 cm³/mol. The molecule has 0 bridgehead atoms. The number of carbonyl (C=O) groups excluding carboxylic acids is 2. The number of urea groups is 1. The van der Waals surface area contributed by atoms with Gasteiger partial charge in [-0.3, -0.25) is 4.79 Å². The fourth-order valence-electron chi connectivity index (χ4n) is 2.13. The first-order valence-electron chi connectivity index (χ1n) is 7.03. The van der Waals surface area contributed by atoms with E-state index in [1.165, 1.54) is 0 Å². The zero-order valence-electron chi connectivity index (χ0n) is 12.1. The SMILES string of the molecule is CCN(CC)C(=O)C(C)NC(=O)NCC1CCCO1. The van der Waals surface area contributed by atoms with Gasteiger partial charge in [-0.15, -0.1) is 0 Å². The van der Waals surface area contributed by atoms with Crippen molar-refractivity contribution in [2.24, 2.45) is 0 Å². The molecule has 19 heavy (non-hydrogen) atoms. The summed E-state index contributed by atoms with van der Waals surface area (Å²) in [5, 5.41) is 5.40. The topological polar surface area (TPSA) is 70.7 Å². The lowest BCUT2D eigenvalue weighted by Crippen LogP contribution is -2.50. The van der Waals surface area contributed by atoms with Crippen LogP contribution in [-0.4, -0.2) is 55.2 Å². The third-order valence-electron chi connectivity index (χ3n) is 3.31. The number of ether oxygens (including phenoxy) is 1. The first-order chi connectivity index (χ1) is 9.08. The zero-order valence-corrected chi connectivity index (χ0v) is 12.1. The molecule has 0 spiro atoms. The molecule has 0 aromatic carbocycles. The summed E-state index contributed by atoms with van der Waals surface area (Å²) in [6, 6.07) is -0.826. The van der Waals surface area contributed by atoms with E-state index in [-0.39, 0.29) is 18.0 Å². The van der Waals surface area contributed by atoms with Crippen molar-refractivity contribution in [2.75, 3.05) is 26.2 Å². The van der Waals surface area contributed by atoms with Crippen molar-refractivity contribution in [2.45, 2.75) is 45.8 Å². The zero-order chi connectivity index (χ0) is 14.3. The van der Waals surface area contributed by atoms with Gasteiger partial charge in [-0.2, -0.15) is 0 Å². The van der Waals surface area contributed by atoms with Gasteiger partial charge in [0, 0.05) is 26.2 Å². The van der Waals surface area contributed by atoms with Crippen molar-refractivity contribution >= 4 is 11.9 Å². The summed E-state index contributed by atoms with van der Waals surface area (Å²) in [4.78, 5) is 25.3. The molecule has 2 unspecified atom stereocenters. The molecular weight excluding hydrogens is 246 g/mol. The van der Waals surface area contributed by atoms with Gasteiger partial charge < -0.3 is 20.3 Å². The van der Waals surface area contributed by atoms with Crippen LogP contribution in [0.4, 0.5) is 4.79 Å². The molecule has 0 aromatic heterocycles. The third-order valence-corrected chi connectivity index (χ3v) is 3.31. The molecule has 1 fully saturated rings. The van der Waals surface area contributed by atoms with Crippen molar-refractivity contribution in [3.8, 4) is 0 Å². The highest BCUT2D eigenvalue weighted by molar-refractivity contribution is 5.86. The van der Waals surface area contributed by atoms with Crippen LogP contribution in [0, 0.1) is 0 Å². The fourth-order valence-corrected chi connectivity index (χ4v) is 2.13. The van der Waals surface area contributed by atoms with Crippen LogP contribution in [0.25, 0.3) is 0 Å².